The Morgan fingerprint density at radius 3 is 2.23 bits per heavy atom. The molecule has 1 rings (SSSR count). The van der Waals surface area contributed by atoms with Gasteiger partial charge in [0.2, 0.25) is 0 Å². The lowest BCUT2D eigenvalue weighted by atomic mass is 9.93. The first-order valence-electron chi connectivity index (χ1n) is 4.62. The van der Waals surface area contributed by atoms with Crippen molar-refractivity contribution in [3.8, 4) is 0 Å². The minimum Gasteiger partial charge on any atom is -0.385 e. The maximum Gasteiger partial charge on any atom is 0.0865 e. The summed E-state index contributed by atoms with van der Waals surface area (Å²) in [5.41, 5.74) is 6.81. The van der Waals surface area contributed by atoms with Crippen molar-refractivity contribution in [2.45, 2.75) is 32.4 Å². The van der Waals surface area contributed by atoms with Crippen LogP contribution in [0.3, 0.4) is 0 Å². The number of benzene rings is 1. The predicted octanol–water partition coefficient (Wildman–Crippen LogP) is 1.76. The van der Waals surface area contributed by atoms with Crippen molar-refractivity contribution >= 4 is 0 Å². The number of hydrogen-bond donors (Lipinski definition) is 2. The summed E-state index contributed by atoms with van der Waals surface area (Å²) >= 11 is 0. The molecule has 0 aliphatic carbocycles. The molecule has 2 heteroatoms. The highest BCUT2D eigenvalue weighted by Gasteiger charge is 2.19. The first-order chi connectivity index (χ1) is 6.10. The van der Waals surface area contributed by atoms with Gasteiger partial charge in [0.15, 0.2) is 0 Å². The molecule has 1 unspecified atom stereocenters. The summed E-state index contributed by atoms with van der Waals surface area (Å²) < 4.78 is 0. The van der Waals surface area contributed by atoms with Gasteiger partial charge >= 0.3 is 0 Å². The number of aliphatic hydroxyl groups is 1. The van der Waals surface area contributed by atoms with Crippen LogP contribution in [0, 0.1) is 0 Å². The van der Waals surface area contributed by atoms with E-state index in [1.54, 1.807) is 0 Å². The highest BCUT2D eigenvalue weighted by atomic mass is 16.3. The Bertz CT molecular complexity index is 264. The van der Waals surface area contributed by atoms with Crippen LogP contribution in [0.2, 0.25) is 0 Å². The van der Waals surface area contributed by atoms with E-state index in [4.69, 9.17) is 5.73 Å². The highest BCUT2D eigenvalue weighted by Crippen LogP contribution is 2.23. The van der Waals surface area contributed by atoms with Gasteiger partial charge in [-0.3, -0.25) is 0 Å². The average molecular weight is 179 g/mol. The summed E-state index contributed by atoms with van der Waals surface area (Å²) in [6.45, 7) is 4.34. The van der Waals surface area contributed by atoms with Gasteiger partial charge in [-0.05, 0) is 24.5 Å². The van der Waals surface area contributed by atoms with E-state index < -0.39 is 5.60 Å². The zero-order valence-corrected chi connectivity index (χ0v) is 8.25. The van der Waals surface area contributed by atoms with E-state index in [-0.39, 0.29) is 0 Å². The van der Waals surface area contributed by atoms with Crippen LogP contribution in [0.15, 0.2) is 24.3 Å². The van der Waals surface area contributed by atoms with Gasteiger partial charge in [0, 0.05) is 6.54 Å². The monoisotopic (exact) mass is 179 g/mol. The number of hydrogen-bond acceptors (Lipinski definition) is 2. The molecule has 0 radical (unpaired) electrons. The SMILES string of the molecule is CCC(C)(O)c1ccc(CN)cc1. The summed E-state index contributed by atoms with van der Waals surface area (Å²) in [6, 6.07) is 7.79. The third-order valence-corrected chi connectivity index (χ3v) is 2.50. The zero-order chi connectivity index (χ0) is 9.90. The van der Waals surface area contributed by atoms with Gasteiger partial charge in [-0.15, -0.1) is 0 Å². The van der Waals surface area contributed by atoms with Crippen LogP contribution in [-0.2, 0) is 12.1 Å². The molecule has 1 aromatic carbocycles. The smallest absolute Gasteiger partial charge is 0.0865 e. The molecule has 0 saturated heterocycles. The Morgan fingerprint density at radius 1 is 1.31 bits per heavy atom. The summed E-state index contributed by atoms with van der Waals surface area (Å²) in [5.74, 6) is 0. The minimum absolute atomic E-state index is 0.550. The third-order valence-electron chi connectivity index (χ3n) is 2.50. The molecular formula is C11H17NO. The van der Waals surface area contributed by atoms with Crippen molar-refractivity contribution in [1.29, 1.82) is 0 Å². The third kappa shape index (κ3) is 2.29. The van der Waals surface area contributed by atoms with Crippen molar-refractivity contribution in [2.24, 2.45) is 5.73 Å². The molecular weight excluding hydrogens is 162 g/mol. The van der Waals surface area contributed by atoms with Gasteiger partial charge in [0.1, 0.15) is 0 Å². The molecule has 0 fully saturated rings. The van der Waals surface area contributed by atoms with Gasteiger partial charge in [-0.2, -0.15) is 0 Å². The molecule has 0 saturated carbocycles. The quantitative estimate of drug-likeness (QED) is 0.742. The molecule has 0 heterocycles. The molecule has 3 N–H and O–H groups in total. The van der Waals surface area contributed by atoms with Crippen LogP contribution in [0.25, 0.3) is 0 Å². The second-order valence-corrected chi connectivity index (χ2v) is 3.53. The maximum absolute atomic E-state index is 9.93. The second kappa shape index (κ2) is 3.90. The topological polar surface area (TPSA) is 46.2 Å². The molecule has 1 atom stereocenters. The maximum atomic E-state index is 9.93. The van der Waals surface area contributed by atoms with Crippen molar-refractivity contribution in [2.75, 3.05) is 0 Å². The second-order valence-electron chi connectivity index (χ2n) is 3.53. The lowest BCUT2D eigenvalue weighted by Crippen LogP contribution is -2.19. The van der Waals surface area contributed by atoms with Crippen LogP contribution in [-0.4, -0.2) is 5.11 Å². The fourth-order valence-electron chi connectivity index (χ4n) is 1.20. The lowest BCUT2D eigenvalue weighted by Gasteiger charge is -2.21. The van der Waals surface area contributed by atoms with Crippen molar-refractivity contribution in [1.82, 2.24) is 0 Å². The first-order valence-corrected chi connectivity index (χ1v) is 4.62. The molecule has 1 aromatic rings. The van der Waals surface area contributed by atoms with E-state index in [2.05, 4.69) is 0 Å². The molecule has 13 heavy (non-hydrogen) atoms. The van der Waals surface area contributed by atoms with Crippen LogP contribution in [0.1, 0.15) is 31.4 Å². The summed E-state index contributed by atoms with van der Waals surface area (Å²) in [4.78, 5) is 0. The van der Waals surface area contributed by atoms with E-state index in [1.165, 1.54) is 0 Å². The van der Waals surface area contributed by atoms with Crippen molar-refractivity contribution < 1.29 is 5.11 Å². The first kappa shape index (κ1) is 10.2. The molecule has 0 aliphatic rings. The standard InChI is InChI=1S/C11H17NO/c1-3-11(2,13)10-6-4-9(8-12)5-7-10/h4-7,13H,3,8,12H2,1-2H3. The Kier molecular flexibility index (Phi) is 3.07. The van der Waals surface area contributed by atoms with Crippen LogP contribution in [0.5, 0.6) is 0 Å². The fourth-order valence-corrected chi connectivity index (χ4v) is 1.20. The Balaban J connectivity index is 2.92. The lowest BCUT2D eigenvalue weighted by molar-refractivity contribution is 0.0531. The summed E-state index contributed by atoms with van der Waals surface area (Å²) in [6.07, 6.45) is 0.717. The van der Waals surface area contributed by atoms with Gasteiger partial charge in [-0.1, -0.05) is 31.2 Å². The molecule has 2 nitrogen and oxygen atoms in total. The van der Waals surface area contributed by atoms with E-state index in [1.807, 2.05) is 38.1 Å². The molecule has 72 valence electrons. The van der Waals surface area contributed by atoms with Crippen LogP contribution >= 0.6 is 0 Å². The van der Waals surface area contributed by atoms with Crippen molar-refractivity contribution in [3.63, 3.8) is 0 Å². The van der Waals surface area contributed by atoms with Gasteiger partial charge in [0.25, 0.3) is 0 Å². The number of rotatable bonds is 3. The van der Waals surface area contributed by atoms with Gasteiger partial charge < -0.3 is 10.8 Å². The van der Waals surface area contributed by atoms with Crippen molar-refractivity contribution in [3.05, 3.63) is 35.4 Å². The predicted molar refractivity (Wildman–Crippen MR) is 54.2 cm³/mol. The Hall–Kier alpha value is -0.860. The Labute approximate surface area is 79.4 Å². The Morgan fingerprint density at radius 2 is 1.85 bits per heavy atom. The minimum atomic E-state index is -0.715. The molecule has 0 aliphatic heterocycles. The largest absolute Gasteiger partial charge is 0.385 e. The molecule has 0 aromatic heterocycles. The van der Waals surface area contributed by atoms with Gasteiger partial charge in [-0.25, -0.2) is 0 Å². The summed E-state index contributed by atoms with van der Waals surface area (Å²) in [5, 5.41) is 9.93. The fraction of sp³-hybridized carbons (Fsp3) is 0.455. The van der Waals surface area contributed by atoms with E-state index in [9.17, 15) is 5.11 Å². The normalized spacial score (nSPS) is 15.4. The van der Waals surface area contributed by atoms with E-state index >= 15 is 0 Å². The zero-order valence-electron chi connectivity index (χ0n) is 8.25. The van der Waals surface area contributed by atoms with Crippen LogP contribution < -0.4 is 5.73 Å². The average Bonchev–Trinajstić information content (AvgIpc) is 2.18. The van der Waals surface area contributed by atoms with E-state index in [0.29, 0.717) is 6.54 Å². The molecule has 0 spiro atoms. The van der Waals surface area contributed by atoms with Gasteiger partial charge in [0.05, 0.1) is 5.60 Å². The summed E-state index contributed by atoms with van der Waals surface area (Å²) in [7, 11) is 0. The molecule has 0 amide bonds. The highest BCUT2D eigenvalue weighted by molar-refractivity contribution is 5.26. The number of nitrogens with two attached hydrogens (primary N) is 1. The van der Waals surface area contributed by atoms with E-state index in [0.717, 1.165) is 17.5 Å². The molecule has 0 bridgehead atoms. The van der Waals surface area contributed by atoms with Crippen LogP contribution in [0.4, 0.5) is 0 Å².